The van der Waals surface area contributed by atoms with Crippen LogP contribution in [0.2, 0.25) is 0 Å². The standard InChI is InChI=1S/C16H17N7O/c1-11(23-10-18-9-19-23)16(24)22-6-4-13-14(8-22)21-15(20-13)12-3-2-5-17-7-12/h2-3,5,7,9-11H,4,6,8H2,1H3,(H,20,21)/t11-/m0/s1. The number of fused-ring (bicyclic) bond motifs is 1. The summed E-state index contributed by atoms with van der Waals surface area (Å²) in [6, 6.07) is 3.48. The predicted octanol–water partition coefficient (Wildman–Crippen LogP) is 1.21. The molecule has 3 aromatic rings. The average Bonchev–Trinajstić information content (AvgIpc) is 3.30. The summed E-state index contributed by atoms with van der Waals surface area (Å²) in [6.07, 6.45) is 7.25. The molecule has 1 atom stereocenters. The van der Waals surface area contributed by atoms with Crippen molar-refractivity contribution in [3.05, 3.63) is 48.6 Å². The smallest absolute Gasteiger partial charge is 0.247 e. The largest absolute Gasteiger partial charge is 0.340 e. The normalized spacial score (nSPS) is 15.1. The summed E-state index contributed by atoms with van der Waals surface area (Å²) in [7, 11) is 0. The lowest BCUT2D eigenvalue weighted by Crippen LogP contribution is -2.40. The third-order valence-corrected chi connectivity index (χ3v) is 4.27. The fourth-order valence-corrected chi connectivity index (χ4v) is 2.92. The minimum atomic E-state index is -0.366. The molecule has 1 aliphatic rings. The predicted molar refractivity (Wildman–Crippen MR) is 85.7 cm³/mol. The Labute approximate surface area is 138 Å². The van der Waals surface area contributed by atoms with Crippen molar-refractivity contribution in [3.8, 4) is 11.4 Å². The molecule has 122 valence electrons. The summed E-state index contributed by atoms with van der Waals surface area (Å²) < 4.78 is 1.58. The van der Waals surface area contributed by atoms with Gasteiger partial charge in [0.15, 0.2) is 0 Å². The number of rotatable bonds is 3. The van der Waals surface area contributed by atoms with Crippen LogP contribution in [0.15, 0.2) is 37.2 Å². The van der Waals surface area contributed by atoms with E-state index in [0.29, 0.717) is 13.1 Å². The van der Waals surface area contributed by atoms with Crippen LogP contribution in [0.3, 0.4) is 0 Å². The topological polar surface area (TPSA) is 92.6 Å². The van der Waals surface area contributed by atoms with Gasteiger partial charge < -0.3 is 9.88 Å². The Morgan fingerprint density at radius 1 is 1.38 bits per heavy atom. The Bertz CT molecular complexity index is 841. The van der Waals surface area contributed by atoms with E-state index in [2.05, 4.69) is 25.0 Å². The van der Waals surface area contributed by atoms with Gasteiger partial charge in [0.25, 0.3) is 0 Å². The number of amides is 1. The zero-order valence-electron chi connectivity index (χ0n) is 13.3. The van der Waals surface area contributed by atoms with E-state index >= 15 is 0 Å². The van der Waals surface area contributed by atoms with Crippen molar-refractivity contribution in [3.63, 3.8) is 0 Å². The van der Waals surface area contributed by atoms with E-state index in [0.717, 1.165) is 29.2 Å². The van der Waals surface area contributed by atoms with Gasteiger partial charge in [0.2, 0.25) is 5.91 Å². The third-order valence-electron chi connectivity index (χ3n) is 4.27. The molecule has 1 amide bonds. The first kappa shape index (κ1) is 14.6. The number of imidazole rings is 1. The highest BCUT2D eigenvalue weighted by Gasteiger charge is 2.28. The first-order valence-corrected chi connectivity index (χ1v) is 7.83. The fraction of sp³-hybridized carbons (Fsp3) is 0.312. The summed E-state index contributed by atoms with van der Waals surface area (Å²) in [5, 5.41) is 4.05. The van der Waals surface area contributed by atoms with Gasteiger partial charge in [-0.3, -0.25) is 9.78 Å². The van der Waals surface area contributed by atoms with Crippen LogP contribution in [0.4, 0.5) is 0 Å². The molecule has 0 radical (unpaired) electrons. The highest BCUT2D eigenvalue weighted by Crippen LogP contribution is 2.23. The molecule has 0 unspecified atom stereocenters. The minimum absolute atomic E-state index is 0.0312. The van der Waals surface area contributed by atoms with E-state index in [-0.39, 0.29) is 11.9 Å². The van der Waals surface area contributed by atoms with Crippen LogP contribution in [0, 0.1) is 0 Å². The van der Waals surface area contributed by atoms with Crippen molar-refractivity contribution >= 4 is 5.91 Å². The molecule has 1 N–H and O–H groups in total. The van der Waals surface area contributed by atoms with Crippen molar-refractivity contribution in [1.82, 2.24) is 34.6 Å². The van der Waals surface area contributed by atoms with E-state index in [1.807, 2.05) is 24.0 Å². The van der Waals surface area contributed by atoms with Crippen LogP contribution < -0.4 is 0 Å². The Kier molecular flexibility index (Phi) is 3.56. The number of nitrogens with zero attached hydrogens (tertiary/aromatic N) is 6. The second-order valence-corrected chi connectivity index (χ2v) is 5.81. The quantitative estimate of drug-likeness (QED) is 0.782. The van der Waals surface area contributed by atoms with Crippen molar-refractivity contribution in [2.45, 2.75) is 25.9 Å². The summed E-state index contributed by atoms with van der Waals surface area (Å²) >= 11 is 0. The lowest BCUT2D eigenvalue weighted by atomic mass is 10.1. The molecule has 0 fully saturated rings. The number of hydrogen-bond donors (Lipinski definition) is 1. The SMILES string of the molecule is C[C@@H](C(=O)N1CCc2nc(-c3cccnc3)[nH]c2C1)n1cncn1. The number of nitrogens with one attached hydrogen (secondary N) is 1. The van der Waals surface area contributed by atoms with E-state index in [9.17, 15) is 4.79 Å². The Morgan fingerprint density at radius 2 is 2.29 bits per heavy atom. The van der Waals surface area contributed by atoms with Gasteiger partial charge in [-0.1, -0.05) is 0 Å². The fourth-order valence-electron chi connectivity index (χ4n) is 2.92. The number of carbonyl (C=O) groups excluding carboxylic acids is 1. The molecule has 0 bridgehead atoms. The van der Waals surface area contributed by atoms with Gasteiger partial charge in [-0.2, -0.15) is 5.10 Å². The average molecular weight is 323 g/mol. The summed E-state index contributed by atoms with van der Waals surface area (Å²) in [5.41, 5.74) is 2.95. The molecule has 3 aromatic heterocycles. The zero-order chi connectivity index (χ0) is 16.5. The third kappa shape index (κ3) is 2.55. The zero-order valence-corrected chi connectivity index (χ0v) is 13.3. The lowest BCUT2D eigenvalue weighted by Gasteiger charge is -2.28. The Morgan fingerprint density at radius 3 is 3.04 bits per heavy atom. The minimum Gasteiger partial charge on any atom is -0.340 e. The number of H-pyrrole nitrogens is 1. The summed E-state index contributed by atoms with van der Waals surface area (Å²) in [5.74, 6) is 0.829. The number of aromatic amines is 1. The van der Waals surface area contributed by atoms with Gasteiger partial charge >= 0.3 is 0 Å². The molecule has 8 nitrogen and oxygen atoms in total. The molecular weight excluding hydrogens is 306 g/mol. The molecule has 0 spiro atoms. The number of hydrogen-bond acceptors (Lipinski definition) is 5. The summed E-state index contributed by atoms with van der Waals surface area (Å²) in [4.78, 5) is 30.5. The molecular formula is C16H17N7O. The molecule has 1 aliphatic heterocycles. The van der Waals surface area contributed by atoms with Gasteiger partial charge in [-0.15, -0.1) is 0 Å². The summed E-state index contributed by atoms with van der Waals surface area (Å²) in [6.45, 7) is 3.02. The van der Waals surface area contributed by atoms with Gasteiger partial charge in [0.1, 0.15) is 24.5 Å². The first-order valence-electron chi connectivity index (χ1n) is 7.83. The maximum atomic E-state index is 12.7. The van der Waals surface area contributed by atoms with Crippen LogP contribution in [-0.4, -0.2) is 47.1 Å². The van der Waals surface area contributed by atoms with Gasteiger partial charge in [0, 0.05) is 30.9 Å². The monoisotopic (exact) mass is 323 g/mol. The lowest BCUT2D eigenvalue weighted by molar-refractivity contribution is -0.135. The molecule has 4 rings (SSSR count). The second kappa shape index (κ2) is 5.88. The van der Waals surface area contributed by atoms with Crippen LogP contribution in [0.1, 0.15) is 24.4 Å². The van der Waals surface area contributed by atoms with Crippen molar-refractivity contribution < 1.29 is 4.79 Å². The number of pyridine rings is 1. The van der Waals surface area contributed by atoms with Crippen molar-refractivity contribution in [1.29, 1.82) is 0 Å². The molecule has 0 aliphatic carbocycles. The molecule has 0 aromatic carbocycles. The molecule has 24 heavy (non-hydrogen) atoms. The van der Waals surface area contributed by atoms with Crippen molar-refractivity contribution in [2.24, 2.45) is 0 Å². The molecule has 0 saturated carbocycles. The Hall–Kier alpha value is -3.03. The van der Waals surface area contributed by atoms with Gasteiger partial charge in [0.05, 0.1) is 17.9 Å². The Balaban J connectivity index is 1.54. The van der Waals surface area contributed by atoms with Crippen LogP contribution in [0.25, 0.3) is 11.4 Å². The van der Waals surface area contributed by atoms with Gasteiger partial charge in [-0.05, 0) is 19.1 Å². The number of aromatic nitrogens is 6. The molecule has 4 heterocycles. The molecule has 8 heteroatoms. The van der Waals surface area contributed by atoms with E-state index in [1.54, 1.807) is 23.4 Å². The van der Waals surface area contributed by atoms with E-state index < -0.39 is 0 Å². The van der Waals surface area contributed by atoms with Crippen LogP contribution in [-0.2, 0) is 17.8 Å². The maximum Gasteiger partial charge on any atom is 0.247 e. The molecule has 0 saturated heterocycles. The van der Waals surface area contributed by atoms with Crippen LogP contribution in [0.5, 0.6) is 0 Å². The highest BCUT2D eigenvalue weighted by atomic mass is 16.2. The maximum absolute atomic E-state index is 12.7. The van der Waals surface area contributed by atoms with E-state index in [1.165, 1.54) is 6.33 Å². The highest BCUT2D eigenvalue weighted by molar-refractivity contribution is 5.80. The number of carbonyl (C=O) groups is 1. The van der Waals surface area contributed by atoms with Crippen molar-refractivity contribution in [2.75, 3.05) is 6.54 Å². The van der Waals surface area contributed by atoms with Crippen LogP contribution >= 0.6 is 0 Å². The first-order chi connectivity index (χ1) is 11.7. The van der Waals surface area contributed by atoms with E-state index in [4.69, 9.17) is 0 Å². The van der Waals surface area contributed by atoms with Gasteiger partial charge in [-0.25, -0.2) is 14.6 Å². The second-order valence-electron chi connectivity index (χ2n) is 5.81.